The summed E-state index contributed by atoms with van der Waals surface area (Å²) in [6.45, 7) is 18.6. The summed E-state index contributed by atoms with van der Waals surface area (Å²) in [5, 5.41) is 0. The van der Waals surface area contributed by atoms with Gasteiger partial charge in [0.05, 0.1) is 5.56 Å². The molecule has 0 aliphatic carbocycles. The molecule has 0 aromatic heterocycles. The van der Waals surface area contributed by atoms with Gasteiger partial charge in [-0.3, -0.25) is 0 Å². The van der Waals surface area contributed by atoms with E-state index in [4.69, 9.17) is 42.9 Å². The fourth-order valence-corrected chi connectivity index (χ4v) is 6.60. The molecule has 0 saturated heterocycles. The molecule has 2 heterocycles. The molecular weight excluding hydrogens is 720 g/mol. The van der Waals surface area contributed by atoms with Crippen LogP contribution in [0.4, 0.5) is 0 Å². The first-order valence-corrected chi connectivity index (χ1v) is 17.9. The fourth-order valence-electron chi connectivity index (χ4n) is 6.60. The van der Waals surface area contributed by atoms with Crippen molar-refractivity contribution in [2.75, 3.05) is 13.6 Å². The maximum Gasteiger partial charge on any atom is 0.343 e. The maximum absolute atomic E-state index is 13.2. The largest absolute Gasteiger partial charge is 0.485 e. The molecule has 12 heteroatoms. The van der Waals surface area contributed by atoms with Crippen molar-refractivity contribution in [1.29, 1.82) is 0 Å². The molecule has 0 spiro atoms. The van der Waals surface area contributed by atoms with E-state index in [-0.39, 0.29) is 32.4 Å². The molecule has 0 fully saturated rings. The van der Waals surface area contributed by atoms with E-state index < -0.39 is 28.7 Å². The van der Waals surface area contributed by atoms with Gasteiger partial charge in [0, 0.05) is 34.1 Å². The van der Waals surface area contributed by atoms with Crippen LogP contribution in [0.25, 0.3) is 0 Å². The van der Waals surface area contributed by atoms with Gasteiger partial charge in [0.15, 0.2) is 5.75 Å². The minimum Gasteiger partial charge on any atom is -0.485 e. The van der Waals surface area contributed by atoms with Crippen molar-refractivity contribution in [2.24, 2.45) is 0 Å². The standard InChI is InChI=1S/C44H44O12/c1-9-38(45)50-24-48-30-15-11-28(12-16-30)23-52-56-35-22-33-37(20-27(35)4)54-40-41(44(33,7)8)53-36-19-26(3)34(21-32(36)43(40,5)6)55-42(47)29-13-17-31(18-14-29)49-25-51-39(46)10-2/h9-22,40-41H,1-2,23-25H2,3-8H3. The van der Waals surface area contributed by atoms with Gasteiger partial charge >= 0.3 is 17.9 Å². The van der Waals surface area contributed by atoms with Crippen molar-refractivity contribution in [1.82, 2.24) is 0 Å². The summed E-state index contributed by atoms with van der Waals surface area (Å²) in [4.78, 5) is 47.1. The molecule has 0 bridgehead atoms. The van der Waals surface area contributed by atoms with Gasteiger partial charge in [-0.15, -0.1) is 0 Å². The van der Waals surface area contributed by atoms with Gasteiger partial charge in [0.1, 0.15) is 47.6 Å². The SMILES string of the molecule is C=CC(=O)OCOc1ccc(COOc2cc3c(cc2C)OC2C(Oc4cc(C)c(OC(=O)c5ccc(OCOC(=O)C=C)cc5)cc4C2(C)C)C3(C)C)cc1. The molecule has 0 N–H and O–H groups in total. The molecule has 0 amide bonds. The zero-order valence-electron chi connectivity index (χ0n) is 32.2. The second-order valence-corrected chi connectivity index (χ2v) is 14.5. The first kappa shape index (κ1) is 39.4. The molecule has 6 rings (SSSR count). The number of hydrogen-bond acceptors (Lipinski definition) is 12. The first-order valence-electron chi connectivity index (χ1n) is 17.9. The number of aryl methyl sites for hydroxylation is 2. The summed E-state index contributed by atoms with van der Waals surface area (Å²) >= 11 is 0. The minimum absolute atomic E-state index is 0.176. The predicted molar refractivity (Wildman–Crippen MR) is 204 cm³/mol. The smallest absolute Gasteiger partial charge is 0.343 e. The van der Waals surface area contributed by atoms with Crippen LogP contribution in [0.5, 0.6) is 34.5 Å². The second-order valence-electron chi connectivity index (χ2n) is 14.5. The van der Waals surface area contributed by atoms with Gasteiger partial charge < -0.3 is 38.0 Å². The van der Waals surface area contributed by atoms with Crippen LogP contribution in [0.1, 0.15) is 65.9 Å². The number of ether oxygens (including phenoxy) is 7. The average Bonchev–Trinajstić information content (AvgIpc) is 3.17. The number of rotatable bonds is 14. The van der Waals surface area contributed by atoms with E-state index in [9.17, 15) is 14.4 Å². The summed E-state index contributed by atoms with van der Waals surface area (Å²) in [7, 11) is 0. The lowest BCUT2D eigenvalue weighted by atomic mass is 9.65. The predicted octanol–water partition coefficient (Wildman–Crippen LogP) is 7.94. The van der Waals surface area contributed by atoms with E-state index in [1.807, 2.05) is 50.2 Å². The molecule has 292 valence electrons. The molecule has 0 saturated carbocycles. The van der Waals surface area contributed by atoms with Crippen LogP contribution in [0.2, 0.25) is 0 Å². The lowest BCUT2D eigenvalue weighted by Gasteiger charge is -2.53. The molecule has 2 aliphatic rings. The molecule has 4 aromatic carbocycles. The normalized spacial score (nSPS) is 16.9. The van der Waals surface area contributed by atoms with Crippen LogP contribution in [0.15, 0.2) is 98.1 Å². The zero-order chi connectivity index (χ0) is 40.2. The van der Waals surface area contributed by atoms with Gasteiger partial charge in [0.2, 0.25) is 13.6 Å². The Bertz CT molecular complexity index is 2130. The van der Waals surface area contributed by atoms with E-state index in [0.29, 0.717) is 34.3 Å². The van der Waals surface area contributed by atoms with Crippen molar-refractivity contribution in [2.45, 2.75) is 71.2 Å². The van der Waals surface area contributed by atoms with Gasteiger partial charge in [0.25, 0.3) is 0 Å². The third kappa shape index (κ3) is 8.35. The Hall–Kier alpha value is -6.27. The van der Waals surface area contributed by atoms with E-state index in [0.717, 1.165) is 45.7 Å². The molecule has 2 atom stereocenters. The molecule has 12 nitrogen and oxygen atoms in total. The van der Waals surface area contributed by atoms with E-state index >= 15 is 0 Å². The first-order chi connectivity index (χ1) is 26.7. The topological polar surface area (TPSA) is 134 Å². The van der Waals surface area contributed by atoms with Gasteiger partial charge in [-0.1, -0.05) is 53.0 Å². The highest BCUT2D eigenvalue weighted by Gasteiger charge is 2.56. The monoisotopic (exact) mass is 764 g/mol. The van der Waals surface area contributed by atoms with Gasteiger partial charge in [-0.2, -0.15) is 4.89 Å². The molecule has 4 aromatic rings. The minimum atomic E-state index is -0.600. The Labute approximate surface area is 325 Å². The molecule has 56 heavy (non-hydrogen) atoms. The number of fused-ring (bicyclic) bond motifs is 3. The second kappa shape index (κ2) is 16.2. The zero-order valence-corrected chi connectivity index (χ0v) is 32.2. The third-order valence-corrected chi connectivity index (χ3v) is 9.93. The molecule has 0 radical (unpaired) electrons. The Morgan fingerprint density at radius 2 is 1.14 bits per heavy atom. The molecular formula is C44H44O12. The van der Waals surface area contributed by atoms with Crippen LogP contribution in [-0.2, 0) is 41.4 Å². The lowest BCUT2D eigenvalue weighted by Crippen LogP contribution is -2.61. The highest BCUT2D eigenvalue weighted by Crippen LogP contribution is 2.54. The summed E-state index contributed by atoms with van der Waals surface area (Å²) in [6, 6.07) is 21.1. The summed E-state index contributed by atoms with van der Waals surface area (Å²) in [5.41, 5.74) is 3.41. The van der Waals surface area contributed by atoms with Crippen molar-refractivity contribution >= 4 is 17.9 Å². The van der Waals surface area contributed by atoms with Crippen molar-refractivity contribution in [3.8, 4) is 34.5 Å². The van der Waals surface area contributed by atoms with E-state index in [1.165, 1.54) is 0 Å². The van der Waals surface area contributed by atoms with Crippen LogP contribution in [0, 0.1) is 13.8 Å². The van der Waals surface area contributed by atoms with Crippen molar-refractivity contribution in [3.05, 3.63) is 131 Å². The van der Waals surface area contributed by atoms with Crippen LogP contribution in [0.3, 0.4) is 0 Å². The molecule has 2 unspecified atom stereocenters. The Kier molecular flexibility index (Phi) is 11.4. The van der Waals surface area contributed by atoms with Crippen molar-refractivity contribution in [3.63, 3.8) is 0 Å². The Morgan fingerprint density at radius 3 is 1.64 bits per heavy atom. The number of hydrogen-bond donors (Lipinski definition) is 0. The average molecular weight is 765 g/mol. The summed E-state index contributed by atoms with van der Waals surface area (Å²) < 4.78 is 39.9. The third-order valence-electron chi connectivity index (χ3n) is 9.93. The maximum atomic E-state index is 13.2. The van der Waals surface area contributed by atoms with E-state index in [2.05, 4.69) is 40.9 Å². The Balaban J connectivity index is 1.13. The van der Waals surface area contributed by atoms with Gasteiger partial charge in [-0.05, 0) is 91.2 Å². The number of esters is 3. The number of carbonyl (C=O) groups is 3. The highest BCUT2D eigenvalue weighted by atomic mass is 17.2. The van der Waals surface area contributed by atoms with Gasteiger partial charge in [-0.25, -0.2) is 14.4 Å². The number of carbonyl (C=O) groups excluding carboxylic acids is 3. The fraction of sp³-hybridized carbons (Fsp3) is 0.295. The summed E-state index contributed by atoms with van der Waals surface area (Å²) in [5.74, 6) is 1.62. The van der Waals surface area contributed by atoms with Crippen LogP contribution in [-0.4, -0.2) is 43.7 Å². The molecule has 2 aliphatic heterocycles. The Morgan fingerprint density at radius 1 is 0.679 bits per heavy atom. The lowest BCUT2D eigenvalue weighted by molar-refractivity contribution is -0.218. The highest BCUT2D eigenvalue weighted by molar-refractivity contribution is 5.91. The number of benzene rings is 4. The quantitative estimate of drug-likeness (QED) is 0.0308. The van der Waals surface area contributed by atoms with E-state index in [1.54, 1.807) is 36.4 Å². The van der Waals surface area contributed by atoms with Crippen molar-refractivity contribution < 1.29 is 57.3 Å². The van der Waals surface area contributed by atoms with Crippen LogP contribution >= 0.6 is 0 Å². The van der Waals surface area contributed by atoms with Crippen LogP contribution < -0.4 is 28.6 Å². The summed E-state index contributed by atoms with van der Waals surface area (Å²) in [6.07, 6.45) is 1.36.